The van der Waals surface area contributed by atoms with Crippen molar-refractivity contribution in [2.24, 2.45) is 0 Å². The van der Waals surface area contributed by atoms with Crippen molar-refractivity contribution in [1.82, 2.24) is 9.80 Å². The first-order valence-corrected chi connectivity index (χ1v) is 12.3. The molecule has 0 bridgehead atoms. The van der Waals surface area contributed by atoms with Crippen LogP contribution in [0, 0.1) is 11.3 Å². The third kappa shape index (κ3) is 6.80. The second-order valence-electron chi connectivity index (χ2n) is 9.40. The minimum Gasteiger partial charge on any atom is -0.488 e. The number of nitriles is 1. The zero-order valence-corrected chi connectivity index (χ0v) is 20.5. The van der Waals surface area contributed by atoms with Crippen molar-refractivity contribution in [2.45, 2.75) is 57.7 Å². The van der Waals surface area contributed by atoms with Crippen molar-refractivity contribution < 1.29 is 9.84 Å². The fourth-order valence-electron chi connectivity index (χ4n) is 4.93. The highest BCUT2D eigenvalue weighted by Gasteiger charge is 2.38. The van der Waals surface area contributed by atoms with E-state index in [9.17, 15) is 10.4 Å². The number of ether oxygens (including phenoxy) is 1. The lowest BCUT2D eigenvalue weighted by Gasteiger charge is -2.41. The number of hydrogen-bond donors (Lipinski definition) is 1. The molecule has 1 saturated heterocycles. The van der Waals surface area contributed by atoms with E-state index in [2.05, 4.69) is 42.8 Å². The predicted molar refractivity (Wildman–Crippen MR) is 133 cm³/mol. The number of benzene rings is 2. The fraction of sp³-hybridized carbons (Fsp3) is 0.536. The van der Waals surface area contributed by atoms with Crippen LogP contribution >= 0.6 is 0 Å². The Kier molecular flexibility index (Phi) is 9.31. The molecule has 2 aromatic carbocycles. The van der Waals surface area contributed by atoms with E-state index in [0.717, 1.165) is 69.5 Å². The van der Waals surface area contributed by atoms with E-state index in [1.54, 1.807) is 0 Å². The highest BCUT2D eigenvalue weighted by molar-refractivity contribution is 5.47. The van der Waals surface area contributed by atoms with Gasteiger partial charge in [-0.15, -0.1) is 0 Å². The third-order valence-corrected chi connectivity index (χ3v) is 6.81. The standard InChI is InChI=1S/C28H39N3O2/c1-4-13-28(32,14-5-2)26(21-31-17-15-30(3)16-18-31)24-11-12-27(25(19-24)20-29)33-22-23-9-7-6-8-10-23/h6-12,19,26,32H,4-5,13-18,21-22H2,1-3H3. The first-order chi connectivity index (χ1) is 16.0. The second kappa shape index (κ2) is 12.2. The zero-order chi connectivity index (χ0) is 23.7. The average Bonchev–Trinajstić information content (AvgIpc) is 2.83. The van der Waals surface area contributed by atoms with Crippen molar-refractivity contribution >= 4 is 0 Å². The monoisotopic (exact) mass is 449 g/mol. The molecule has 178 valence electrons. The molecular formula is C28H39N3O2. The van der Waals surface area contributed by atoms with Gasteiger partial charge in [-0.25, -0.2) is 0 Å². The van der Waals surface area contributed by atoms with Crippen molar-refractivity contribution in [3.05, 3.63) is 65.2 Å². The minimum absolute atomic E-state index is 0.0453. The average molecular weight is 450 g/mol. The molecule has 1 fully saturated rings. The molecule has 5 heteroatoms. The van der Waals surface area contributed by atoms with E-state index < -0.39 is 5.60 Å². The maximum absolute atomic E-state index is 11.8. The van der Waals surface area contributed by atoms with Crippen molar-refractivity contribution in [3.63, 3.8) is 0 Å². The Bertz CT molecular complexity index is 895. The van der Waals surface area contributed by atoms with Gasteiger partial charge in [0.15, 0.2) is 0 Å². The van der Waals surface area contributed by atoms with Crippen LogP contribution in [0.4, 0.5) is 0 Å². The molecule has 1 aliphatic rings. The van der Waals surface area contributed by atoms with E-state index in [1.165, 1.54) is 0 Å². The van der Waals surface area contributed by atoms with E-state index in [4.69, 9.17) is 4.74 Å². The fourth-order valence-corrected chi connectivity index (χ4v) is 4.93. The summed E-state index contributed by atoms with van der Waals surface area (Å²) in [5, 5.41) is 21.7. The van der Waals surface area contributed by atoms with Crippen LogP contribution in [0.25, 0.3) is 0 Å². The van der Waals surface area contributed by atoms with Gasteiger partial charge in [-0.3, -0.25) is 0 Å². The van der Waals surface area contributed by atoms with Gasteiger partial charge >= 0.3 is 0 Å². The molecule has 0 amide bonds. The lowest BCUT2D eigenvalue weighted by atomic mass is 9.75. The van der Waals surface area contributed by atoms with Gasteiger partial charge < -0.3 is 19.6 Å². The number of piperazine rings is 1. The summed E-state index contributed by atoms with van der Waals surface area (Å²) in [5.41, 5.74) is 1.84. The van der Waals surface area contributed by atoms with E-state index in [-0.39, 0.29) is 5.92 Å². The van der Waals surface area contributed by atoms with Gasteiger partial charge in [0.05, 0.1) is 11.2 Å². The van der Waals surface area contributed by atoms with Gasteiger partial charge in [0, 0.05) is 38.6 Å². The molecule has 3 rings (SSSR count). The molecule has 1 aliphatic heterocycles. The van der Waals surface area contributed by atoms with Crippen molar-refractivity contribution in [3.8, 4) is 11.8 Å². The lowest BCUT2D eigenvalue weighted by molar-refractivity contribution is -0.0200. The molecular weight excluding hydrogens is 410 g/mol. The van der Waals surface area contributed by atoms with Gasteiger partial charge in [0.25, 0.3) is 0 Å². The first-order valence-electron chi connectivity index (χ1n) is 12.3. The van der Waals surface area contributed by atoms with Crippen LogP contribution in [0.2, 0.25) is 0 Å². The Balaban J connectivity index is 1.87. The van der Waals surface area contributed by atoms with Gasteiger partial charge in [-0.2, -0.15) is 5.26 Å². The predicted octanol–water partition coefficient (Wildman–Crippen LogP) is 4.80. The van der Waals surface area contributed by atoms with Crippen LogP contribution in [-0.2, 0) is 6.61 Å². The Hall–Kier alpha value is -2.39. The van der Waals surface area contributed by atoms with E-state index in [0.29, 0.717) is 17.9 Å². The Morgan fingerprint density at radius 1 is 1.03 bits per heavy atom. The largest absolute Gasteiger partial charge is 0.488 e. The zero-order valence-electron chi connectivity index (χ0n) is 20.5. The summed E-state index contributed by atoms with van der Waals surface area (Å²) in [6.45, 7) is 9.60. The molecule has 0 radical (unpaired) electrons. The number of hydrogen-bond acceptors (Lipinski definition) is 5. The summed E-state index contributed by atoms with van der Waals surface area (Å²) in [7, 11) is 2.16. The van der Waals surface area contributed by atoms with Crippen LogP contribution in [0.3, 0.4) is 0 Å². The van der Waals surface area contributed by atoms with Crippen LogP contribution in [0.5, 0.6) is 5.75 Å². The smallest absolute Gasteiger partial charge is 0.137 e. The summed E-state index contributed by atoms with van der Waals surface area (Å²) in [5.74, 6) is 0.550. The number of rotatable bonds is 11. The highest BCUT2D eigenvalue weighted by atomic mass is 16.5. The number of nitrogens with zero attached hydrogens (tertiary/aromatic N) is 3. The molecule has 1 N–H and O–H groups in total. The molecule has 0 aliphatic carbocycles. The summed E-state index contributed by atoms with van der Waals surface area (Å²) in [6, 6.07) is 18.2. The highest BCUT2D eigenvalue weighted by Crippen LogP contribution is 2.38. The van der Waals surface area contributed by atoms with Crippen LogP contribution < -0.4 is 4.74 Å². The second-order valence-corrected chi connectivity index (χ2v) is 9.40. The molecule has 0 spiro atoms. The molecule has 33 heavy (non-hydrogen) atoms. The summed E-state index contributed by atoms with van der Waals surface area (Å²) < 4.78 is 5.99. The summed E-state index contributed by atoms with van der Waals surface area (Å²) >= 11 is 0. The Morgan fingerprint density at radius 3 is 2.30 bits per heavy atom. The van der Waals surface area contributed by atoms with Gasteiger partial charge in [-0.1, -0.05) is 63.1 Å². The molecule has 0 saturated carbocycles. The number of likely N-dealkylation sites (N-methyl/N-ethyl adjacent to an activating group) is 1. The first kappa shape index (κ1) is 25.2. The summed E-state index contributed by atoms with van der Waals surface area (Å²) in [4.78, 5) is 4.81. The van der Waals surface area contributed by atoms with Crippen LogP contribution in [0.15, 0.2) is 48.5 Å². The SMILES string of the molecule is CCCC(O)(CCC)C(CN1CCN(C)CC1)c1ccc(OCc2ccccc2)c(C#N)c1. The molecule has 2 aromatic rings. The lowest BCUT2D eigenvalue weighted by Crippen LogP contribution is -2.49. The number of aliphatic hydroxyl groups is 1. The Labute approximate surface area is 199 Å². The third-order valence-electron chi connectivity index (χ3n) is 6.81. The minimum atomic E-state index is -0.786. The van der Waals surface area contributed by atoms with Crippen LogP contribution in [-0.4, -0.2) is 60.3 Å². The molecule has 1 heterocycles. The van der Waals surface area contributed by atoms with Gasteiger partial charge in [0.1, 0.15) is 18.4 Å². The maximum atomic E-state index is 11.8. The normalized spacial score (nSPS) is 16.3. The molecule has 1 atom stereocenters. The summed E-state index contributed by atoms with van der Waals surface area (Å²) in [6.07, 6.45) is 3.37. The Morgan fingerprint density at radius 2 is 1.70 bits per heavy atom. The topological polar surface area (TPSA) is 59.7 Å². The van der Waals surface area contributed by atoms with Crippen molar-refractivity contribution in [2.75, 3.05) is 39.8 Å². The quantitative estimate of drug-likeness (QED) is 0.534. The van der Waals surface area contributed by atoms with Crippen molar-refractivity contribution in [1.29, 1.82) is 5.26 Å². The maximum Gasteiger partial charge on any atom is 0.137 e. The molecule has 1 unspecified atom stereocenters. The van der Waals surface area contributed by atoms with E-state index in [1.807, 2.05) is 42.5 Å². The van der Waals surface area contributed by atoms with Gasteiger partial charge in [-0.05, 0) is 43.1 Å². The van der Waals surface area contributed by atoms with Gasteiger partial charge in [0.2, 0.25) is 0 Å². The molecule has 0 aromatic heterocycles. The van der Waals surface area contributed by atoms with E-state index >= 15 is 0 Å². The van der Waals surface area contributed by atoms with Crippen LogP contribution in [0.1, 0.15) is 62.1 Å². The molecule has 5 nitrogen and oxygen atoms in total.